The highest BCUT2D eigenvalue weighted by atomic mass is 35.5. The predicted molar refractivity (Wildman–Crippen MR) is 67.7 cm³/mol. The van der Waals surface area contributed by atoms with E-state index in [2.05, 4.69) is 15.2 Å². The molecule has 0 unspecified atom stereocenters. The molecule has 3 aromatic heterocycles. The van der Waals surface area contributed by atoms with E-state index in [9.17, 15) is 0 Å². The van der Waals surface area contributed by atoms with Gasteiger partial charge in [-0.15, -0.1) is 10.2 Å². The lowest BCUT2D eigenvalue weighted by molar-refractivity contribution is 0.505. The molecule has 0 aliphatic carbocycles. The third-order valence-corrected chi connectivity index (χ3v) is 3.00. The third-order valence-electron chi connectivity index (χ3n) is 2.81. The molecule has 0 fully saturated rings. The van der Waals surface area contributed by atoms with Crippen LogP contribution in [0.15, 0.2) is 16.5 Å². The minimum Gasteiger partial charge on any atom is -0.466 e. The molecule has 3 rings (SSSR count). The summed E-state index contributed by atoms with van der Waals surface area (Å²) < 4.78 is 7.39. The molecule has 0 amide bonds. The normalized spacial score (nSPS) is 11.3. The summed E-state index contributed by atoms with van der Waals surface area (Å²) in [6, 6.07) is 3.63. The van der Waals surface area contributed by atoms with Crippen molar-refractivity contribution in [3.05, 3.63) is 34.6 Å². The first-order chi connectivity index (χ1) is 8.56. The Morgan fingerprint density at radius 1 is 1.17 bits per heavy atom. The molecule has 6 heteroatoms. The van der Waals surface area contributed by atoms with Crippen LogP contribution in [0.5, 0.6) is 0 Å². The van der Waals surface area contributed by atoms with E-state index >= 15 is 0 Å². The fourth-order valence-electron chi connectivity index (χ4n) is 2.08. The zero-order chi connectivity index (χ0) is 12.9. The largest absolute Gasteiger partial charge is 0.466 e. The Labute approximate surface area is 108 Å². The van der Waals surface area contributed by atoms with Crippen LogP contribution in [0, 0.1) is 20.8 Å². The zero-order valence-corrected chi connectivity index (χ0v) is 11.0. The molecular formula is C12H11ClN4O. The van der Waals surface area contributed by atoms with Crippen molar-refractivity contribution in [3.63, 3.8) is 0 Å². The van der Waals surface area contributed by atoms with Gasteiger partial charge in [0.25, 0.3) is 0 Å². The first-order valence-electron chi connectivity index (χ1n) is 5.52. The summed E-state index contributed by atoms with van der Waals surface area (Å²) in [5, 5.41) is 8.73. The summed E-state index contributed by atoms with van der Waals surface area (Å²) in [6.45, 7) is 5.68. The van der Waals surface area contributed by atoms with Crippen molar-refractivity contribution >= 4 is 17.2 Å². The average molecular weight is 263 g/mol. The van der Waals surface area contributed by atoms with Crippen LogP contribution in [0.3, 0.4) is 0 Å². The van der Waals surface area contributed by atoms with Gasteiger partial charge < -0.3 is 4.42 Å². The smallest absolute Gasteiger partial charge is 0.173 e. The van der Waals surface area contributed by atoms with Gasteiger partial charge in [-0.05, 0) is 26.8 Å². The van der Waals surface area contributed by atoms with Gasteiger partial charge in [-0.25, -0.2) is 4.98 Å². The Bertz CT molecular complexity index is 744. The number of furan rings is 1. The predicted octanol–water partition coefficient (Wildman–Crippen LogP) is 2.96. The molecule has 92 valence electrons. The lowest BCUT2D eigenvalue weighted by Gasteiger charge is -2.02. The monoisotopic (exact) mass is 262 g/mol. The molecule has 0 aromatic carbocycles. The van der Waals surface area contributed by atoms with E-state index in [1.165, 1.54) is 0 Å². The van der Waals surface area contributed by atoms with Crippen LogP contribution >= 0.6 is 11.6 Å². The van der Waals surface area contributed by atoms with Crippen molar-refractivity contribution in [3.8, 4) is 11.4 Å². The number of hydrogen-bond acceptors (Lipinski definition) is 4. The molecule has 0 spiro atoms. The van der Waals surface area contributed by atoms with Gasteiger partial charge in [-0.2, -0.15) is 0 Å². The van der Waals surface area contributed by atoms with Gasteiger partial charge in [-0.3, -0.25) is 4.40 Å². The van der Waals surface area contributed by atoms with Crippen molar-refractivity contribution in [2.45, 2.75) is 20.8 Å². The Morgan fingerprint density at radius 2 is 1.94 bits per heavy atom. The van der Waals surface area contributed by atoms with Crippen LogP contribution in [0.1, 0.15) is 17.3 Å². The Balaban J connectivity index is 2.34. The van der Waals surface area contributed by atoms with Crippen molar-refractivity contribution in [2.75, 3.05) is 0 Å². The standard InChI is InChI=1S/C12H11ClN4O/c1-6-4-9(7(2)18-6)12-16-15-11-5-10(13)14-8(3)17(11)12/h4-5H,1-3H3. The van der Waals surface area contributed by atoms with Gasteiger partial charge in [-0.1, -0.05) is 11.6 Å². The minimum atomic E-state index is 0.416. The topological polar surface area (TPSA) is 56.2 Å². The summed E-state index contributed by atoms with van der Waals surface area (Å²) in [5.74, 6) is 3.13. The van der Waals surface area contributed by atoms with E-state index < -0.39 is 0 Å². The van der Waals surface area contributed by atoms with Gasteiger partial charge in [0.1, 0.15) is 22.5 Å². The van der Waals surface area contributed by atoms with Gasteiger partial charge in [0.05, 0.1) is 5.56 Å². The van der Waals surface area contributed by atoms with Crippen LogP contribution in [0.25, 0.3) is 17.0 Å². The van der Waals surface area contributed by atoms with Gasteiger partial charge in [0.2, 0.25) is 0 Å². The highest BCUT2D eigenvalue weighted by molar-refractivity contribution is 6.29. The SMILES string of the molecule is Cc1cc(-c2nnc3cc(Cl)nc(C)n23)c(C)o1. The van der Waals surface area contributed by atoms with E-state index in [0.29, 0.717) is 10.8 Å². The maximum absolute atomic E-state index is 5.90. The zero-order valence-electron chi connectivity index (χ0n) is 10.2. The molecule has 0 N–H and O–H groups in total. The molecule has 0 bridgehead atoms. The number of rotatable bonds is 1. The van der Waals surface area contributed by atoms with Gasteiger partial charge >= 0.3 is 0 Å². The van der Waals surface area contributed by atoms with Crippen molar-refractivity contribution in [1.29, 1.82) is 0 Å². The molecule has 0 aliphatic heterocycles. The second-order valence-corrected chi connectivity index (χ2v) is 4.56. The lowest BCUT2D eigenvalue weighted by Crippen LogP contribution is -1.98. The van der Waals surface area contributed by atoms with Crippen LogP contribution in [-0.2, 0) is 0 Å². The minimum absolute atomic E-state index is 0.416. The molecule has 0 atom stereocenters. The van der Waals surface area contributed by atoms with Crippen molar-refractivity contribution < 1.29 is 4.42 Å². The van der Waals surface area contributed by atoms with Gasteiger partial charge in [0, 0.05) is 6.07 Å². The summed E-state index contributed by atoms with van der Waals surface area (Å²) >= 11 is 5.90. The Kier molecular flexibility index (Phi) is 2.38. The van der Waals surface area contributed by atoms with E-state index in [4.69, 9.17) is 16.0 Å². The lowest BCUT2D eigenvalue weighted by atomic mass is 10.2. The van der Waals surface area contributed by atoms with Gasteiger partial charge in [0.15, 0.2) is 11.5 Å². The van der Waals surface area contributed by atoms with E-state index in [1.54, 1.807) is 6.07 Å². The van der Waals surface area contributed by atoms with E-state index in [1.807, 2.05) is 31.2 Å². The maximum atomic E-state index is 5.90. The van der Waals surface area contributed by atoms with E-state index in [-0.39, 0.29) is 0 Å². The van der Waals surface area contributed by atoms with Crippen LogP contribution in [0.4, 0.5) is 0 Å². The Morgan fingerprint density at radius 3 is 2.61 bits per heavy atom. The summed E-state index contributed by atoms with van der Waals surface area (Å²) in [7, 11) is 0. The van der Waals surface area contributed by atoms with Crippen molar-refractivity contribution in [2.24, 2.45) is 0 Å². The molecular weight excluding hydrogens is 252 g/mol. The van der Waals surface area contributed by atoms with Crippen molar-refractivity contribution in [1.82, 2.24) is 19.6 Å². The quantitative estimate of drug-likeness (QED) is 0.633. The molecule has 0 radical (unpaired) electrons. The molecule has 3 aromatic rings. The molecule has 0 aliphatic rings. The highest BCUT2D eigenvalue weighted by Crippen LogP contribution is 2.26. The fraction of sp³-hybridized carbons (Fsp3) is 0.250. The number of fused-ring (bicyclic) bond motifs is 1. The number of halogens is 1. The number of aromatic nitrogens is 4. The molecule has 5 nitrogen and oxygen atoms in total. The number of aryl methyl sites for hydroxylation is 3. The maximum Gasteiger partial charge on any atom is 0.173 e. The van der Waals surface area contributed by atoms with Crippen LogP contribution in [-0.4, -0.2) is 19.6 Å². The highest BCUT2D eigenvalue weighted by Gasteiger charge is 2.16. The van der Waals surface area contributed by atoms with E-state index in [0.717, 1.165) is 28.7 Å². The fourth-order valence-corrected chi connectivity index (χ4v) is 2.30. The Hall–Kier alpha value is -1.88. The van der Waals surface area contributed by atoms with Crippen LogP contribution in [0.2, 0.25) is 5.15 Å². The average Bonchev–Trinajstić information content (AvgIpc) is 2.81. The summed E-state index contributed by atoms with van der Waals surface area (Å²) in [5.41, 5.74) is 1.60. The number of hydrogen-bond donors (Lipinski definition) is 0. The second kappa shape index (κ2) is 3.81. The first kappa shape index (κ1) is 11.2. The summed E-state index contributed by atoms with van der Waals surface area (Å²) in [4.78, 5) is 4.21. The molecule has 0 saturated heterocycles. The summed E-state index contributed by atoms with van der Waals surface area (Å²) in [6.07, 6.45) is 0. The molecule has 3 heterocycles. The second-order valence-electron chi connectivity index (χ2n) is 4.17. The number of nitrogens with zero attached hydrogens (tertiary/aromatic N) is 4. The first-order valence-corrected chi connectivity index (χ1v) is 5.90. The third kappa shape index (κ3) is 1.59. The molecule has 0 saturated carbocycles. The van der Waals surface area contributed by atoms with Crippen LogP contribution < -0.4 is 0 Å². The molecule has 18 heavy (non-hydrogen) atoms.